The molecule has 0 heterocycles. The van der Waals surface area contributed by atoms with Crippen LogP contribution in [0.3, 0.4) is 0 Å². The summed E-state index contributed by atoms with van der Waals surface area (Å²) in [6, 6.07) is 14.6. The van der Waals surface area contributed by atoms with Crippen LogP contribution in [0.1, 0.15) is 22.8 Å². The third-order valence-corrected chi connectivity index (χ3v) is 4.32. The molecule has 0 unspecified atom stereocenters. The van der Waals surface area contributed by atoms with Gasteiger partial charge < -0.3 is 14.8 Å². The van der Waals surface area contributed by atoms with Crippen molar-refractivity contribution in [2.75, 3.05) is 19.5 Å². The van der Waals surface area contributed by atoms with Gasteiger partial charge in [0.25, 0.3) is 5.91 Å². The van der Waals surface area contributed by atoms with Gasteiger partial charge in [-0.15, -0.1) is 11.8 Å². The fourth-order valence-corrected chi connectivity index (χ4v) is 2.95. The molecule has 6 heteroatoms. The van der Waals surface area contributed by atoms with Crippen LogP contribution in [0, 0.1) is 0 Å². The van der Waals surface area contributed by atoms with Crippen molar-refractivity contribution in [3.05, 3.63) is 59.7 Å². The smallest absolute Gasteiger partial charge is 0.339 e. The van der Waals surface area contributed by atoms with Gasteiger partial charge in [0, 0.05) is 11.4 Å². The molecule has 132 valence electrons. The zero-order chi connectivity index (χ0) is 18.1. The van der Waals surface area contributed by atoms with Crippen molar-refractivity contribution < 1.29 is 19.1 Å². The average Bonchev–Trinajstić information content (AvgIpc) is 2.65. The number of nitrogens with one attached hydrogen (secondary N) is 1. The Balaban J connectivity index is 1.84. The number of hydrogen-bond acceptors (Lipinski definition) is 5. The highest BCUT2D eigenvalue weighted by Gasteiger charge is 2.14. The summed E-state index contributed by atoms with van der Waals surface area (Å²) in [5, 5.41) is 2.72. The van der Waals surface area contributed by atoms with Crippen LogP contribution < -0.4 is 10.1 Å². The third-order valence-electron chi connectivity index (χ3n) is 3.37. The zero-order valence-electron chi connectivity index (χ0n) is 14.3. The Hall–Kier alpha value is -2.47. The minimum absolute atomic E-state index is 0.312. The summed E-state index contributed by atoms with van der Waals surface area (Å²) in [5.74, 6) is 0.735. The van der Waals surface area contributed by atoms with Crippen molar-refractivity contribution in [3.8, 4) is 5.75 Å². The summed E-state index contributed by atoms with van der Waals surface area (Å²) in [7, 11) is 1.59. The number of hydrogen-bond donors (Lipinski definition) is 1. The summed E-state index contributed by atoms with van der Waals surface area (Å²) in [6.07, 6.45) is 0. The highest BCUT2D eigenvalue weighted by atomic mass is 32.2. The molecule has 2 aromatic rings. The minimum atomic E-state index is -0.493. The summed E-state index contributed by atoms with van der Waals surface area (Å²) in [4.78, 5) is 24.9. The van der Waals surface area contributed by atoms with Gasteiger partial charge in [0.05, 0.1) is 12.7 Å². The zero-order valence-corrected chi connectivity index (χ0v) is 15.1. The van der Waals surface area contributed by atoms with Crippen LogP contribution in [-0.2, 0) is 16.1 Å². The fraction of sp³-hybridized carbons (Fsp3) is 0.263. The van der Waals surface area contributed by atoms with E-state index in [4.69, 9.17) is 9.47 Å². The molecule has 2 aromatic carbocycles. The SMILES string of the molecule is CCSc1ccccc1C(=O)OCC(=O)NCc1cccc(OC)c1. The maximum atomic E-state index is 12.2. The number of rotatable bonds is 8. The van der Waals surface area contributed by atoms with E-state index < -0.39 is 5.97 Å². The van der Waals surface area contributed by atoms with Gasteiger partial charge in [-0.05, 0) is 35.6 Å². The summed E-state index contributed by atoms with van der Waals surface area (Å²) < 4.78 is 10.3. The van der Waals surface area contributed by atoms with Gasteiger partial charge in [-0.2, -0.15) is 0 Å². The molecule has 5 nitrogen and oxygen atoms in total. The molecule has 2 rings (SSSR count). The third kappa shape index (κ3) is 5.83. The second-order valence-corrected chi connectivity index (χ2v) is 6.44. The van der Waals surface area contributed by atoms with Gasteiger partial charge in [-0.1, -0.05) is 31.2 Å². The number of amides is 1. The van der Waals surface area contributed by atoms with Crippen molar-refractivity contribution >= 4 is 23.6 Å². The molecule has 0 saturated carbocycles. The van der Waals surface area contributed by atoms with E-state index in [1.807, 2.05) is 43.3 Å². The standard InChI is InChI=1S/C19H21NO4S/c1-3-25-17-10-5-4-9-16(17)19(22)24-13-18(21)20-12-14-7-6-8-15(11-14)23-2/h4-11H,3,12-13H2,1-2H3,(H,20,21). The molecular weight excluding hydrogens is 338 g/mol. The van der Waals surface area contributed by atoms with E-state index in [1.165, 1.54) is 0 Å². The van der Waals surface area contributed by atoms with Gasteiger partial charge >= 0.3 is 5.97 Å². The molecule has 1 amide bonds. The monoisotopic (exact) mass is 359 g/mol. The highest BCUT2D eigenvalue weighted by Crippen LogP contribution is 2.22. The Morgan fingerprint density at radius 2 is 1.92 bits per heavy atom. The molecule has 0 aliphatic rings. The Kier molecular flexibility index (Phi) is 7.35. The maximum Gasteiger partial charge on any atom is 0.339 e. The van der Waals surface area contributed by atoms with Gasteiger partial charge in [0.2, 0.25) is 0 Å². The molecule has 25 heavy (non-hydrogen) atoms. The van der Waals surface area contributed by atoms with Crippen molar-refractivity contribution in [2.45, 2.75) is 18.4 Å². The second kappa shape index (κ2) is 9.74. The number of ether oxygens (including phenoxy) is 2. The van der Waals surface area contributed by atoms with Gasteiger partial charge in [0.15, 0.2) is 6.61 Å². The molecular formula is C19H21NO4S. The average molecular weight is 359 g/mol. The van der Waals surface area contributed by atoms with E-state index in [0.717, 1.165) is 22.0 Å². The van der Waals surface area contributed by atoms with Crippen LogP contribution in [-0.4, -0.2) is 31.3 Å². The normalized spacial score (nSPS) is 10.2. The first-order chi connectivity index (χ1) is 12.1. The number of thioether (sulfide) groups is 1. The van der Waals surface area contributed by atoms with Gasteiger partial charge in [-0.25, -0.2) is 4.79 Å². The number of esters is 1. The molecule has 1 N–H and O–H groups in total. The van der Waals surface area contributed by atoms with Crippen molar-refractivity contribution in [2.24, 2.45) is 0 Å². The van der Waals surface area contributed by atoms with E-state index in [9.17, 15) is 9.59 Å². The van der Waals surface area contributed by atoms with E-state index >= 15 is 0 Å². The van der Waals surface area contributed by atoms with Gasteiger partial charge in [-0.3, -0.25) is 4.79 Å². The molecule has 0 radical (unpaired) electrons. The molecule has 0 atom stereocenters. The van der Waals surface area contributed by atoms with E-state index in [-0.39, 0.29) is 12.5 Å². The first-order valence-corrected chi connectivity index (χ1v) is 8.91. The predicted octanol–water partition coefficient (Wildman–Crippen LogP) is 3.28. The number of methoxy groups -OCH3 is 1. The Labute approximate surface area is 151 Å². The lowest BCUT2D eigenvalue weighted by Crippen LogP contribution is -2.28. The Morgan fingerprint density at radius 1 is 1.12 bits per heavy atom. The first kappa shape index (κ1) is 18.9. The van der Waals surface area contributed by atoms with Crippen LogP contribution >= 0.6 is 11.8 Å². The first-order valence-electron chi connectivity index (χ1n) is 7.92. The topological polar surface area (TPSA) is 64.6 Å². The number of benzene rings is 2. The Morgan fingerprint density at radius 3 is 2.68 bits per heavy atom. The fourth-order valence-electron chi connectivity index (χ4n) is 2.16. The second-order valence-electron chi connectivity index (χ2n) is 5.13. The van der Waals surface area contributed by atoms with Crippen molar-refractivity contribution in [1.29, 1.82) is 0 Å². The van der Waals surface area contributed by atoms with E-state index in [0.29, 0.717) is 12.1 Å². The number of carbonyl (C=O) groups excluding carboxylic acids is 2. The van der Waals surface area contributed by atoms with Crippen LogP contribution in [0.2, 0.25) is 0 Å². The lowest BCUT2D eigenvalue weighted by atomic mass is 10.2. The highest BCUT2D eigenvalue weighted by molar-refractivity contribution is 7.99. The molecule has 0 aliphatic heterocycles. The largest absolute Gasteiger partial charge is 0.497 e. The Bertz CT molecular complexity index is 733. The quantitative estimate of drug-likeness (QED) is 0.579. The molecule has 0 fully saturated rings. The van der Waals surface area contributed by atoms with Crippen LogP contribution in [0.4, 0.5) is 0 Å². The summed E-state index contributed by atoms with van der Waals surface area (Å²) in [6.45, 7) is 2.04. The predicted molar refractivity (Wildman–Crippen MR) is 98.0 cm³/mol. The molecule has 0 spiro atoms. The van der Waals surface area contributed by atoms with Crippen molar-refractivity contribution in [3.63, 3.8) is 0 Å². The maximum absolute atomic E-state index is 12.2. The number of carbonyl (C=O) groups is 2. The lowest BCUT2D eigenvalue weighted by Gasteiger charge is -2.09. The van der Waals surface area contributed by atoms with E-state index in [1.54, 1.807) is 31.0 Å². The molecule has 0 saturated heterocycles. The molecule has 0 bridgehead atoms. The van der Waals surface area contributed by atoms with Crippen molar-refractivity contribution in [1.82, 2.24) is 5.32 Å². The summed E-state index contributed by atoms with van der Waals surface area (Å²) >= 11 is 1.56. The molecule has 0 aromatic heterocycles. The summed E-state index contributed by atoms with van der Waals surface area (Å²) in [5.41, 5.74) is 1.39. The van der Waals surface area contributed by atoms with E-state index in [2.05, 4.69) is 5.32 Å². The lowest BCUT2D eigenvalue weighted by molar-refractivity contribution is -0.124. The van der Waals surface area contributed by atoms with Crippen LogP contribution in [0.5, 0.6) is 5.75 Å². The van der Waals surface area contributed by atoms with Crippen LogP contribution in [0.25, 0.3) is 0 Å². The minimum Gasteiger partial charge on any atom is -0.497 e. The molecule has 0 aliphatic carbocycles. The van der Waals surface area contributed by atoms with Gasteiger partial charge in [0.1, 0.15) is 5.75 Å². The van der Waals surface area contributed by atoms with Crippen LogP contribution in [0.15, 0.2) is 53.4 Å².